The van der Waals surface area contributed by atoms with Crippen LogP contribution in [0.3, 0.4) is 0 Å². The van der Waals surface area contributed by atoms with Crippen LogP contribution in [0.1, 0.15) is 90.9 Å². The van der Waals surface area contributed by atoms with Crippen molar-refractivity contribution < 1.29 is 18.0 Å². The second-order valence-electron chi connectivity index (χ2n) is 9.72. The van der Waals surface area contributed by atoms with E-state index in [1.807, 2.05) is 18.2 Å². The number of benzene rings is 1. The summed E-state index contributed by atoms with van der Waals surface area (Å²) in [6, 6.07) is 10.2. The maximum Gasteiger partial charge on any atom is 0.255 e. The molecule has 2 aliphatic rings. The Bertz CT molecular complexity index is 1250. The van der Waals surface area contributed by atoms with Crippen molar-refractivity contribution >= 4 is 28.3 Å². The number of amides is 1. The second-order valence-corrected chi connectivity index (χ2v) is 10.7. The van der Waals surface area contributed by atoms with Crippen LogP contribution in [0.5, 0.6) is 0 Å². The number of rotatable bonds is 11. The van der Waals surface area contributed by atoms with Gasteiger partial charge in [0.05, 0.1) is 23.2 Å². The molecule has 5 rings (SSSR count). The van der Waals surface area contributed by atoms with Crippen molar-refractivity contribution in [2.75, 3.05) is 13.6 Å². The van der Waals surface area contributed by atoms with Crippen LogP contribution in [-0.4, -0.2) is 37.6 Å². The third-order valence-electron chi connectivity index (χ3n) is 7.04. The van der Waals surface area contributed by atoms with E-state index in [2.05, 4.69) is 24.4 Å². The molecule has 0 radical (unpaired) electrons. The van der Waals surface area contributed by atoms with E-state index in [0.717, 1.165) is 43.2 Å². The third-order valence-corrected chi connectivity index (χ3v) is 7.77. The van der Waals surface area contributed by atoms with Gasteiger partial charge in [-0.3, -0.25) is 9.00 Å². The van der Waals surface area contributed by atoms with E-state index in [9.17, 15) is 13.6 Å². The van der Waals surface area contributed by atoms with Gasteiger partial charge in [-0.15, -0.1) is 0 Å². The molecule has 2 aliphatic carbocycles. The first-order valence-electron chi connectivity index (χ1n) is 12.6. The maximum atomic E-state index is 13.0. The molecule has 3 aromatic rings. The Morgan fingerprint density at radius 3 is 2.49 bits per heavy atom. The van der Waals surface area contributed by atoms with Gasteiger partial charge in [0.25, 0.3) is 5.91 Å². The lowest BCUT2D eigenvalue weighted by Crippen LogP contribution is -2.27. The zero-order chi connectivity index (χ0) is 24.5. The number of pyridine rings is 1. The van der Waals surface area contributed by atoms with Crippen molar-refractivity contribution in [3.63, 3.8) is 0 Å². The molecule has 2 heterocycles. The van der Waals surface area contributed by atoms with Crippen molar-refractivity contribution in [3.05, 3.63) is 52.7 Å². The highest BCUT2D eigenvalue weighted by molar-refractivity contribution is 7.76. The minimum absolute atomic E-state index is 0.211. The van der Waals surface area contributed by atoms with Gasteiger partial charge in [-0.2, -0.15) is 0 Å². The van der Waals surface area contributed by atoms with E-state index in [-0.39, 0.29) is 12.5 Å². The van der Waals surface area contributed by atoms with Crippen LogP contribution in [0.4, 0.5) is 0 Å². The Hall–Kier alpha value is -2.55. The van der Waals surface area contributed by atoms with Crippen LogP contribution in [0.15, 0.2) is 34.7 Å². The van der Waals surface area contributed by atoms with Gasteiger partial charge in [0.2, 0.25) is 5.71 Å². The summed E-state index contributed by atoms with van der Waals surface area (Å²) in [5, 5.41) is 3.43. The summed E-state index contributed by atoms with van der Waals surface area (Å²) >= 11 is -2.33. The number of carbonyl (C=O) groups is 1. The molecule has 1 N–H and O–H groups in total. The fraction of sp³-hybridized carbons (Fsp3) is 0.481. The smallest absolute Gasteiger partial charge is 0.255 e. The minimum Gasteiger partial charge on any atom is -0.760 e. The molecule has 1 unspecified atom stereocenters. The summed E-state index contributed by atoms with van der Waals surface area (Å²) in [7, 11) is 1.61. The average molecular weight is 495 g/mol. The number of hydrogen-bond acceptors (Lipinski definition) is 5. The zero-order valence-electron chi connectivity index (χ0n) is 20.3. The molecule has 8 heteroatoms. The predicted octanol–water partition coefficient (Wildman–Crippen LogP) is 5.40. The van der Waals surface area contributed by atoms with Crippen LogP contribution in [-0.2, 0) is 17.8 Å². The monoisotopic (exact) mass is 494 g/mol. The Morgan fingerprint density at radius 1 is 1.17 bits per heavy atom. The lowest BCUT2D eigenvalue weighted by atomic mass is 10.0. The highest BCUT2D eigenvalue weighted by Crippen LogP contribution is 2.45. The van der Waals surface area contributed by atoms with E-state index in [1.165, 1.54) is 22.7 Å². The predicted molar refractivity (Wildman–Crippen MR) is 136 cm³/mol. The minimum atomic E-state index is -2.33. The van der Waals surface area contributed by atoms with Gasteiger partial charge in [-0.1, -0.05) is 44.0 Å². The summed E-state index contributed by atoms with van der Waals surface area (Å²) in [6.45, 7) is 2.77. The van der Waals surface area contributed by atoms with Crippen LogP contribution < -0.4 is 5.32 Å². The molecular weight excluding hydrogens is 462 g/mol. The van der Waals surface area contributed by atoms with Gasteiger partial charge in [-0.25, -0.2) is 9.29 Å². The number of nitrogens with one attached hydrogen (secondary N) is 1. The van der Waals surface area contributed by atoms with E-state index < -0.39 is 11.3 Å². The standard InChI is InChI=1S/C27H33N3O4S/c1-3-4-5-14-30(35(32)33)16-23-21(19-10-11-19)15-22-24(26(31)28-2)25(34-27(22)29-23)20-12-8-18(9-13-20)17-6-7-17/h8-9,12-13,15,17,19H,3-7,10-11,14,16H2,1-2H3,(H,28,31)(H,32,33)/p-1. The first-order chi connectivity index (χ1) is 17.0. The summed E-state index contributed by atoms with van der Waals surface area (Å²) in [5.74, 6) is 1.27. The van der Waals surface area contributed by atoms with Crippen LogP contribution >= 0.6 is 0 Å². The van der Waals surface area contributed by atoms with Gasteiger partial charge in [0, 0.05) is 30.4 Å². The summed E-state index contributed by atoms with van der Waals surface area (Å²) < 4.78 is 31.5. The van der Waals surface area contributed by atoms with Gasteiger partial charge < -0.3 is 14.3 Å². The highest BCUT2D eigenvalue weighted by atomic mass is 32.2. The van der Waals surface area contributed by atoms with E-state index in [1.54, 1.807) is 7.05 Å². The Labute approximate surface area is 208 Å². The van der Waals surface area contributed by atoms with Gasteiger partial charge in [0.15, 0.2) is 0 Å². The first kappa shape index (κ1) is 24.2. The van der Waals surface area contributed by atoms with E-state index >= 15 is 0 Å². The van der Waals surface area contributed by atoms with Crippen molar-refractivity contribution in [2.24, 2.45) is 0 Å². The Morgan fingerprint density at radius 2 is 1.89 bits per heavy atom. The maximum absolute atomic E-state index is 13.0. The Kier molecular flexibility index (Phi) is 7.05. The SMILES string of the molecule is CCCCCN(Cc1nc2oc(-c3ccc(C4CC4)cc3)c(C(=O)NC)c2cc1C1CC1)S(=O)[O-]. The molecule has 2 aromatic heterocycles. The number of aromatic nitrogens is 1. The van der Waals surface area contributed by atoms with Gasteiger partial charge in [-0.05, 0) is 61.1 Å². The van der Waals surface area contributed by atoms with Crippen LogP contribution in [0.25, 0.3) is 22.4 Å². The zero-order valence-corrected chi connectivity index (χ0v) is 21.2. The number of furan rings is 1. The average Bonchev–Trinajstić information content (AvgIpc) is 3.79. The summed E-state index contributed by atoms with van der Waals surface area (Å²) in [4.78, 5) is 17.8. The fourth-order valence-electron chi connectivity index (χ4n) is 4.74. The van der Waals surface area contributed by atoms with Gasteiger partial charge in [0.1, 0.15) is 5.76 Å². The van der Waals surface area contributed by atoms with Crippen molar-refractivity contribution in [2.45, 2.75) is 70.3 Å². The normalized spacial score (nSPS) is 16.7. The molecule has 0 spiro atoms. The summed E-state index contributed by atoms with van der Waals surface area (Å²) in [5.41, 5.74) is 4.74. The highest BCUT2D eigenvalue weighted by Gasteiger charge is 2.31. The second kappa shape index (κ2) is 10.2. The largest absolute Gasteiger partial charge is 0.760 e. The molecule has 35 heavy (non-hydrogen) atoms. The molecule has 7 nitrogen and oxygen atoms in total. The van der Waals surface area contributed by atoms with Crippen molar-refractivity contribution in [1.29, 1.82) is 0 Å². The first-order valence-corrected chi connectivity index (χ1v) is 13.7. The molecule has 0 saturated heterocycles. The number of carbonyl (C=O) groups excluding carboxylic acids is 1. The molecule has 186 valence electrons. The topological polar surface area (TPSA) is 98.5 Å². The molecular formula is C27H32N3O4S-. The molecule has 2 fully saturated rings. The fourth-order valence-corrected chi connectivity index (χ4v) is 5.24. The van der Waals surface area contributed by atoms with E-state index in [4.69, 9.17) is 9.40 Å². The van der Waals surface area contributed by atoms with Crippen LogP contribution in [0, 0.1) is 0 Å². The summed E-state index contributed by atoms with van der Waals surface area (Å²) in [6.07, 6.45) is 7.36. The van der Waals surface area contributed by atoms with E-state index in [0.29, 0.717) is 46.5 Å². The molecule has 1 amide bonds. The quantitative estimate of drug-likeness (QED) is 0.284. The molecule has 2 saturated carbocycles. The Balaban J connectivity index is 1.56. The molecule has 0 aliphatic heterocycles. The molecule has 0 bridgehead atoms. The molecule has 1 aromatic carbocycles. The van der Waals surface area contributed by atoms with Gasteiger partial charge >= 0.3 is 0 Å². The molecule has 1 atom stereocenters. The number of unbranched alkanes of at least 4 members (excludes halogenated alkanes) is 2. The van der Waals surface area contributed by atoms with Crippen molar-refractivity contribution in [1.82, 2.24) is 14.6 Å². The number of fused-ring (bicyclic) bond motifs is 1. The van der Waals surface area contributed by atoms with Crippen LogP contribution in [0.2, 0.25) is 0 Å². The lowest BCUT2D eigenvalue weighted by Gasteiger charge is -2.24. The van der Waals surface area contributed by atoms with Crippen molar-refractivity contribution in [3.8, 4) is 11.3 Å². The number of hydrogen-bond donors (Lipinski definition) is 1. The number of nitrogens with zero attached hydrogens (tertiary/aromatic N) is 2. The lowest BCUT2D eigenvalue weighted by molar-refractivity contribution is 0.0964. The third kappa shape index (κ3) is 5.20.